The van der Waals surface area contributed by atoms with Crippen LogP contribution in [0, 0.1) is 13.8 Å². The molecule has 2 rings (SSSR count). The quantitative estimate of drug-likeness (QED) is 0.669. The molecular formula is C20H25N. The molecule has 0 aliphatic carbocycles. The van der Waals surface area contributed by atoms with E-state index < -0.39 is 0 Å². The van der Waals surface area contributed by atoms with Gasteiger partial charge in [0, 0.05) is 18.8 Å². The standard InChI is InChI=1S/C20H25N/c1-5-21(6-2)20-13-11-18(12-14-20)9-10-19-8-7-16(3)17(4)15-19/h7-15H,5-6H2,1-4H3/b10-9+. The van der Waals surface area contributed by atoms with Gasteiger partial charge in [-0.25, -0.2) is 0 Å². The van der Waals surface area contributed by atoms with Gasteiger partial charge in [-0.05, 0) is 62.1 Å². The third-order valence-electron chi connectivity index (χ3n) is 4.02. The van der Waals surface area contributed by atoms with Crippen molar-refractivity contribution in [2.75, 3.05) is 18.0 Å². The van der Waals surface area contributed by atoms with Gasteiger partial charge in [0.2, 0.25) is 0 Å². The van der Waals surface area contributed by atoms with Crippen molar-refractivity contribution in [1.29, 1.82) is 0 Å². The van der Waals surface area contributed by atoms with Crippen LogP contribution in [0.4, 0.5) is 5.69 Å². The molecule has 2 aromatic carbocycles. The molecule has 0 aromatic heterocycles. The van der Waals surface area contributed by atoms with Crippen LogP contribution < -0.4 is 4.90 Å². The van der Waals surface area contributed by atoms with Gasteiger partial charge in [-0.1, -0.05) is 42.5 Å². The van der Waals surface area contributed by atoms with Gasteiger partial charge in [0.1, 0.15) is 0 Å². The molecule has 0 amide bonds. The fourth-order valence-electron chi connectivity index (χ4n) is 2.45. The van der Waals surface area contributed by atoms with Gasteiger partial charge in [-0.15, -0.1) is 0 Å². The summed E-state index contributed by atoms with van der Waals surface area (Å²) in [6.07, 6.45) is 4.36. The summed E-state index contributed by atoms with van der Waals surface area (Å²) in [5, 5.41) is 0. The Morgan fingerprint density at radius 2 is 1.33 bits per heavy atom. The number of anilines is 1. The van der Waals surface area contributed by atoms with Crippen LogP contribution in [0.3, 0.4) is 0 Å². The average molecular weight is 279 g/mol. The van der Waals surface area contributed by atoms with Crippen LogP contribution >= 0.6 is 0 Å². The molecule has 0 aliphatic rings. The first-order valence-electron chi connectivity index (χ1n) is 7.74. The number of hydrogen-bond acceptors (Lipinski definition) is 1. The van der Waals surface area contributed by atoms with E-state index >= 15 is 0 Å². The predicted molar refractivity (Wildman–Crippen MR) is 94.8 cm³/mol. The molecule has 0 unspecified atom stereocenters. The largest absolute Gasteiger partial charge is 0.372 e. The fourth-order valence-corrected chi connectivity index (χ4v) is 2.45. The van der Waals surface area contributed by atoms with Crippen LogP contribution in [0.5, 0.6) is 0 Å². The summed E-state index contributed by atoms with van der Waals surface area (Å²) < 4.78 is 0. The van der Waals surface area contributed by atoms with Crippen LogP contribution in [-0.4, -0.2) is 13.1 Å². The fraction of sp³-hybridized carbons (Fsp3) is 0.300. The average Bonchev–Trinajstić information content (AvgIpc) is 2.51. The molecule has 0 saturated heterocycles. The van der Waals surface area contributed by atoms with Crippen LogP contribution in [0.15, 0.2) is 42.5 Å². The molecule has 110 valence electrons. The maximum Gasteiger partial charge on any atom is 0.0366 e. The maximum atomic E-state index is 2.36. The van der Waals surface area contributed by atoms with Crippen LogP contribution in [0.25, 0.3) is 12.2 Å². The summed E-state index contributed by atoms with van der Waals surface area (Å²) >= 11 is 0. The van der Waals surface area contributed by atoms with Crippen LogP contribution in [0.2, 0.25) is 0 Å². The first kappa shape index (κ1) is 15.4. The zero-order valence-corrected chi connectivity index (χ0v) is 13.6. The lowest BCUT2D eigenvalue weighted by Crippen LogP contribution is -2.21. The van der Waals surface area contributed by atoms with Gasteiger partial charge in [0.25, 0.3) is 0 Å². The van der Waals surface area contributed by atoms with Crippen molar-refractivity contribution in [3.8, 4) is 0 Å². The molecule has 0 atom stereocenters. The van der Waals surface area contributed by atoms with Gasteiger partial charge in [0.15, 0.2) is 0 Å². The lowest BCUT2D eigenvalue weighted by atomic mass is 10.1. The molecule has 0 bridgehead atoms. The van der Waals surface area contributed by atoms with Crippen molar-refractivity contribution in [2.24, 2.45) is 0 Å². The highest BCUT2D eigenvalue weighted by atomic mass is 15.1. The zero-order valence-electron chi connectivity index (χ0n) is 13.6. The highest BCUT2D eigenvalue weighted by molar-refractivity contribution is 5.71. The molecule has 0 heterocycles. The molecule has 0 N–H and O–H groups in total. The minimum Gasteiger partial charge on any atom is -0.372 e. The number of benzene rings is 2. The summed E-state index contributed by atoms with van der Waals surface area (Å²) in [6.45, 7) is 10.8. The summed E-state index contributed by atoms with van der Waals surface area (Å²) in [4.78, 5) is 2.36. The van der Waals surface area contributed by atoms with E-state index in [1.54, 1.807) is 0 Å². The maximum absolute atomic E-state index is 2.36. The van der Waals surface area contributed by atoms with E-state index in [-0.39, 0.29) is 0 Å². The van der Waals surface area contributed by atoms with Crippen molar-refractivity contribution in [1.82, 2.24) is 0 Å². The van der Waals surface area contributed by atoms with Gasteiger partial charge < -0.3 is 4.90 Å². The highest BCUT2D eigenvalue weighted by Crippen LogP contribution is 2.17. The summed E-state index contributed by atoms with van der Waals surface area (Å²) in [6, 6.07) is 15.4. The lowest BCUT2D eigenvalue weighted by Gasteiger charge is -2.20. The second kappa shape index (κ2) is 7.12. The normalized spacial score (nSPS) is 11.0. The van der Waals surface area contributed by atoms with E-state index in [4.69, 9.17) is 0 Å². The second-order valence-corrected chi connectivity index (χ2v) is 5.44. The summed E-state index contributed by atoms with van der Waals surface area (Å²) in [5.74, 6) is 0. The molecular weight excluding hydrogens is 254 g/mol. The third-order valence-corrected chi connectivity index (χ3v) is 4.02. The Kier molecular flexibility index (Phi) is 5.21. The SMILES string of the molecule is CCN(CC)c1ccc(/C=C/c2ccc(C)c(C)c2)cc1. The monoisotopic (exact) mass is 279 g/mol. The molecule has 0 spiro atoms. The topological polar surface area (TPSA) is 3.24 Å². The van der Waals surface area contributed by atoms with E-state index in [2.05, 4.69) is 87.2 Å². The number of rotatable bonds is 5. The van der Waals surface area contributed by atoms with Crippen molar-refractivity contribution in [3.63, 3.8) is 0 Å². The molecule has 21 heavy (non-hydrogen) atoms. The number of hydrogen-bond donors (Lipinski definition) is 0. The molecule has 0 saturated carbocycles. The van der Waals surface area contributed by atoms with E-state index in [0.29, 0.717) is 0 Å². The lowest BCUT2D eigenvalue weighted by molar-refractivity contribution is 0.866. The van der Waals surface area contributed by atoms with Crippen molar-refractivity contribution >= 4 is 17.8 Å². The van der Waals surface area contributed by atoms with Gasteiger partial charge in [0.05, 0.1) is 0 Å². The minimum absolute atomic E-state index is 1.05. The Hall–Kier alpha value is -2.02. The summed E-state index contributed by atoms with van der Waals surface area (Å²) in [7, 11) is 0. The number of nitrogens with zero attached hydrogens (tertiary/aromatic N) is 1. The van der Waals surface area contributed by atoms with Crippen molar-refractivity contribution in [2.45, 2.75) is 27.7 Å². The molecule has 0 radical (unpaired) electrons. The van der Waals surface area contributed by atoms with E-state index in [9.17, 15) is 0 Å². The highest BCUT2D eigenvalue weighted by Gasteiger charge is 2.00. The number of aryl methyl sites for hydroxylation is 2. The van der Waals surface area contributed by atoms with Crippen molar-refractivity contribution in [3.05, 3.63) is 64.7 Å². The van der Waals surface area contributed by atoms with E-state index in [0.717, 1.165) is 13.1 Å². The van der Waals surface area contributed by atoms with E-state index in [1.165, 1.54) is 27.9 Å². The van der Waals surface area contributed by atoms with Gasteiger partial charge in [-0.2, -0.15) is 0 Å². The Morgan fingerprint density at radius 1 is 0.762 bits per heavy atom. The van der Waals surface area contributed by atoms with Crippen molar-refractivity contribution < 1.29 is 0 Å². The smallest absolute Gasteiger partial charge is 0.0366 e. The predicted octanol–water partition coefficient (Wildman–Crippen LogP) is 5.32. The third kappa shape index (κ3) is 3.98. The zero-order chi connectivity index (χ0) is 15.2. The van der Waals surface area contributed by atoms with Gasteiger partial charge >= 0.3 is 0 Å². The first-order chi connectivity index (χ1) is 10.1. The second-order valence-electron chi connectivity index (χ2n) is 5.44. The van der Waals surface area contributed by atoms with Crippen LogP contribution in [0.1, 0.15) is 36.1 Å². The molecule has 1 nitrogen and oxygen atoms in total. The molecule has 0 fully saturated rings. The van der Waals surface area contributed by atoms with Gasteiger partial charge in [-0.3, -0.25) is 0 Å². The molecule has 1 heteroatoms. The van der Waals surface area contributed by atoms with Crippen LogP contribution in [-0.2, 0) is 0 Å². The Labute approximate surface area is 128 Å². The Morgan fingerprint density at radius 3 is 1.90 bits per heavy atom. The summed E-state index contributed by atoms with van der Waals surface area (Å²) in [5.41, 5.74) is 6.48. The first-order valence-corrected chi connectivity index (χ1v) is 7.74. The Bertz CT molecular complexity index is 604. The molecule has 2 aromatic rings. The van der Waals surface area contributed by atoms with E-state index in [1.807, 2.05) is 0 Å². The minimum atomic E-state index is 1.05. The molecule has 0 aliphatic heterocycles. The Balaban J connectivity index is 2.12.